The first-order valence-corrected chi connectivity index (χ1v) is 7.44. The van der Waals surface area contributed by atoms with Gasteiger partial charge in [-0.2, -0.15) is 13.2 Å². The summed E-state index contributed by atoms with van der Waals surface area (Å²) in [6.07, 6.45) is -2.09. The van der Waals surface area contributed by atoms with E-state index in [9.17, 15) is 33.4 Å². The van der Waals surface area contributed by atoms with Crippen LogP contribution in [0.2, 0.25) is 0 Å². The summed E-state index contributed by atoms with van der Waals surface area (Å²) in [5.41, 5.74) is -3.54. The van der Waals surface area contributed by atoms with E-state index in [4.69, 9.17) is 0 Å². The van der Waals surface area contributed by atoms with Gasteiger partial charge >= 0.3 is 6.18 Å². The molecule has 0 unspecified atom stereocenters. The van der Waals surface area contributed by atoms with E-state index in [-0.39, 0.29) is 18.2 Å². The average Bonchev–Trinajstić information content (AvgIpc) is 2.44. The van der Waals surface area contributed by atoms with Crippen LogP contribution in [0.25, 0.3) is 0 Å². The molecule has 0 aliphatic heterocycles. The number of nitro groups is 2. The molecule has 1 aliphatic carbocycles. The van der Waals surface area contributed by atoms with Gasteiger partial charge in [0.1, 0.15) is 0 Å². The highest BCUT2D eigenvalue weighted by molar-refractivity contribution is 5.76. The van der Waals surface area contributed by atoms with Gasteiger partial charge in [0.2, 0.25) is 0 Å². The van der Waals surface area contributed by atoms with E-state index < -0.39 is 33.0 Å². The van der Waals surface area contributed by atoms with Gasteiger partial charge in [-0.05, 0) is 25.7 Å². The Balaban J connectivity index is 2.61. The molecule has 0 saturated heterocycles. The summed E-state index contributed by atoms with van der Waals surface area (Å²) in [5.74, 6) is 0.242. The largest absolute Gasteiger partial charge is 0.416 e. The zero-order chi connectivity index (χ0) is 18.1. The van der Waals surface area contributed by atoms with Gasteiger partial charge in [-0.1, -0.05) is 6.42 Å². The molecule has 1 aliphatic rings. The Morgan fingerprint density at radius 1 is 1.17 bits per heavy atom. The molecule has 0 N–H and O–H groups in total. The average molecular weight is 347 g/mol. The summed E-state index contributed by atoms with van der Waals surface area (Å²) in [4.78, 5) is 21.9. The number of halogens is 3. The molecule has 0 bridgehead atoms. The predicted molar refractivity (Wildman–Crippen MR) is 80.0 cm³/mol. The molecule has 0 atom stereocenters. The van der Waals surface area contributed by atoms with Crippen molar-refractivity contribution in [3.63, 3.8) is 0 Å². The standard InChI is InChI=1S/C14H16F3N3O4/c1-2-18(8-9-4-3-5-9)13-11(19(21)22)6-10(14(15,16)17)7-12(13)20(23)24/h6-7,9H,2-5,8H2,1H3. The quantitative estimate of drug-likeness (QED) is 0.570. The van der Waals surface area contributed by atoms with Crippen LogP contribution < -0.4 is 4.90 Å². The van der Waals surface area contributed by atoms with Crippen molar-refractivity contribution in [2.75, 3.05) is 18.0 Å². The fraction of sp³-hybridized carbons (Fsp3) is 0.571. The van der Waals surface area contributed by atoms with Crippen LogP contribution in [0.4, 0.5) is 30.2 Å². The highest BCUT2D eigenvalue weighted by Crippen LogP contribution is 2.44. The highest BCUT2D eigenvalue weighted by atomic mass is 19.4. The lowest BCUT2D eigenvalue weighted by Gasteiger charge is -2.32. The number of hydrogen-bond donors (Lipinski definition) is 0. The Labute approximate surface area is 135 Å². The van der Waals surface area contributed by atoms with Gasteiger partial charge in [-0.25, -0.2) is 0 Å². The molecule has 24 heavy (non-hydrogen) atoms. The number of nitro benzene ring substituents is 2. The number of nitrogens with zero attached hydrogens (tertiary/aromatic N) is 3. The monoisotopic (exact) mass is 347 g/mol. The van der Waals surface area contributed by atoms with Crippen molar-refractivity contribution in [3.05, 3.63) is 37.9 Å². The minimum Gasteiger partial charge on any atom is -0.360 e. The molecule has 132 valence electrons. The molecule has 2 rings (SSSR count). The van der Waals surface area contributed by atoms with Crippen LogP contribution in [0.5, 0.6) is 0 Å². The maximum atomic E-state index is 12.9. The Morgan fingerprint density at radius 2 is 1.67 bits per heavy atom. The van der Waals surface area contributed by atoms with Crippen LogP contribution in [0.15, 0.2) is 12.1 Å². The van der Waals surface area contributed by atoms with Crippen molar-refractivity contribution < 1.29 is 23.0 Å². The van der Waals surface area contributed by atoms with Crippen LogP contribution in [0.1, 0.15) is 31.7 Å². The van der Waals surface area contributed by atoms with Gasteiger partial charge in [0.25, 0.3) is 11.4 Å². The van der Waals surface area contributed by atoms with E-state index in [1.807, 2.05) is 0 Å². The maximum absolute atomic E-state index is 12.9. The third kappa shape index (κ3) is 3.57. The second kappa shape index (κ2) is 6.62. The Hall–Kier alpha value is -2.39. The van der Waals surface area contributed by atoms with E-state index >= 15 is 0 Å². The summed E-state index contributed by atoms with van der Waals surface area (Å²) in [6.45, 7) is 2.23. The van der Waals surface area contributed by atoms with Gasteiger partial charge < -0.3 is 4.90 Å². The van der Waals surface area contributed by atoms with Crippen LogP contribution >= 0.6 is 0 Å². The fourth-order valence-electron chi connectivity index (χ4n) is 2.74. The lowest BCUT2D eigenvalue weighted by atomic mass is 9.85. The zero-order valence-electron chi connectivity index (χ0n) is 12.9. The SMILES string of the molecule is CCN(CC1CCC1)c1c([N+](=O)[O-])cc(C(F)(F)F)cc1[N+](=O)[O-]. The molecule has 7 nitrogen and oxygen atoms in total. The number of rotatable bonds is 6. The van der Waals surface area contributed by atoms with E-state index in [0.29, 0.717) is 18.7 Å². The molecule has 1 aromatic rings. The van der Waals surface area contributed by atoms with E-state index in [1.165, 1.54) is 4.90 Å². The number of hydrogen-bond acceptors (Lipinski definition) is 5. The van der Waals surface area contributed by atoms with Crippen LogP contribution in [-0.4, -0.2) is 22.9 Å². The summed E-state index contributed by atoms with van der Waals surface area (Å²) >= 11 is 0. The van der Waals surface area contributed by atoms with Crippen LogP contribution in [0, 0.1) is 26.1 Å². The maximum Gasteiger partial charge on any atom is 0.416 e. The molecule has 0 aromatic heterocycles. The lowest BCUT2D eigenvalue weighted by molar-refractivity contribution is -0.393. The molecule has 1 saturated carbocycles. The predicted octanol–water partition coefficient (Wildman–Crippen LogP) is 4.15. The summed E-state index contributed by atoms with van der Waals surface area (Å²) < 4.78 is 38.7. The summed E-state index contributed by atoms with van der Waals surface area (Å²) in [5, 5.41) is 22.5. The minimum atomic E-state index is -4.90. The minimum absolute atomic E-state index is 0.226. The first-order valence-electron chi connectivity index (χ1n) is 7.44. The Morgan fingerprint density at radius 3 is 1.96 bits per heavy atom. The molecular formula is C14H16F3N3O4. The van der Waals surface area contributed by atoms with Gasteiger partial charge in [-0.15, -0.1) is 0 Å². The molecule has 10 heteroatoms. The summed E-state index contributed by atoms with van der Waals surface area (Å²) in [7, 11) is 0. The number of alkyl halides is 3. The van der Waals surface area contributed by atoms with Crippen molar-refractivity contribution in [3.8, 4) is 0 Å². The van der Waals surface area contributed by atoms with E-state index in [1.54, 1.807) is 6.92 Å². The van der Waals surface area contributed by atoms with Crippen molar-refractivity contribution >= 4 is 17.1 Å². The number of anilines is 1. The van der Waals surface area contributed by atoms with Gasteiger partial charge in [0.15, 0.2) is 5.69 Å². The van der Waals surface area contributed by atoms with Crippen molar-refractivity contribution in [1.29, 1.82) is 0 Å². The second-order valence-electron chi connectivity index (χ2n) is 5.71. The Kier molecular flexibility index (Phi) is 4.95. The smallest absolute Gasteiger partial charge is 0.360 e. The summed E-state index contributed by atoms with van der Waals surface area (Å²) in [6, 6.07) is 0.734. The van der Waals surface area contributed by atoms with E-state index in [2.05, 4.69) is 0 Å². The Bertz CT molecular complexity index is 624. The van der Waals surface area contributed by atoms with Gasteiger partial charge in [-0.3, -0.25) is 20.2 Å². The van der Waals surface area contributed by atoms with Crippen LogP contribution in [0.3, 0.4) is 0 Å². The third-order valence-corrected chi connectivity index (χ3v) is 4.19. The van der Waals surface area contributed by atoms with Crippen molar-refractivity contribution in [2.45, 2.75) is 32.4 Å². The number of benzene rings is 1. The molecule has 0 spiro atoms. The normalized spacial score (nSPS) is 15.0. The second-order valence-corrected chi connectivity index (χ2v) is 5.71. The molecule has 0 amide bonds. The van der Waals surface area contributed by atoms with Crippen LogP contribution in [-0.2, 0) is 6.18 Å². The van der Waals surface area contributed by atoms with E-state index in [0.717, 1.165) is 19.3 Å². The first-order chi connectivity index (χ1) is 11.1. The fourth-order valence-corrected chi connectivity index (χ4v) is 2.74. The molecule has 0 heterocycles. The topological polar surface area (TPSA) is 89.5 Å². The van der Waals surface area contributed by atoms with Crippen molar-refractivity contribution in [1.82, 2.24) is 0 Å². The zero-order valence-corrected chi connectivity index (χ0v) is 12.9. The molecule has 1 fully saturated rings. The highest BCUT2D eigenvalue weighted by Gasteiger charge is 2.39. The third-order valence-electron chi connectivity index (χ3n) is 4.19. The van der Waals surface area contributed by atoms with Gasteiger partial charge in [0.05, 0.1) is 15.4 Å². The molecule has 1 aromatic carbocycles. The van der Waals surface area contributed by atoms with Crippen molar-refractivity contribution in [2.24, 2.45) is 5.92 Å². The lowest BCUT2D eigenvalue weighted by Crippen LogP contribution is -2.33. The first kappa shape index (κ1) is 18.0. The molecular weight excluding hydrogens is 331 g/mol. The van der Waals surface area contributed by atoms with Gasteiger partial charge in [0, 0.05) is 25.2 Å². The molecule has 0 radical (unpaired) electrons.